The summed E-state index contributed by atoms with van der Waals surface area (Å²) in [5.41, 5.74) is 1.03. The van der Waals surface area contributed by atoms with Gasteiger partial charge in [0.1, 0.15) is 0 Å². The SMILES string of the molecule is CCN(Cc1ccc2c(c1)OCO2)C(=O)NC[C@H]([C@@H]1CCOC1)N1CCOCC1. The summed E-state index contributed by atoms with van der Waals surface area (Å²) in [5, 5.41) is 3.17. The molecule has 160 valence electrons. The monoisotopic (exact) mass is 405 g/mol. The number of amides is 2. The summed E-state index contributed by atoms with van der Waals surface area (Å²) >= 11 is 0. The molecule has 0 aliphatic carbocycles. The molecule has 2 atom stereocenters. The van der Waals surface area contributed by atoms with Crippen LogP contribution in [0.25, 0.3) is 0 Å². The third-order valence-electron chi connectivity index (χ3n) is 5.97. The normalized spacial score (nSPS) is 22.4. The second-order valence-corrected chi connectivity index (χ2v) is 7.73. The van der Waals surface area contributed by atoms with Crippen molar-refractivity contribution in [2.45, 2.75) is 25.9 Å². The van der Waals surface area contributed by atoms with E-state index in [4.69, 9.17) is 18.9 Å². The number of nitrogens with zero attached hydrogens (tertiary/aromatic N) is 2. The molecular formula is C21H31N3O5. The summed E-state index contributed by atoms with van der Waals surface area (Å²) in [7, 11) is 0. The third kappa shape index (κ3) is 4.94. The van der Waals surface area contributed by atoms with Gasteiger partial charge in [0.2, 0.25) is 6.79 Å². The van der Waals surface area contributed by atoms with E-state index < -0.39 is 0 Å². The summed E-state index contributed by atoms with van der Waals surface area (Å²) in [6, 6.07) is 6.08. The number of benzene rings is 1. The van der Waals surface area contributed by atoms with Crippen molar-refractivity contribution < 1.29 is 23.7 Å². The van der Waals surface area contributed by atoms with Crippen LogP contribution in [0.2, 0.25) is 0 Å². The smallest absolute Gasteiger partial charge is 0.317 e. The predicted octanol–water partition coefficient (Wildman–Crippen LogP) is 1.68. The van der Waals surface area contributed by atoms with Crippen LogP contribution in [0.15, 0.2) is 18.2 Å². The molecule has 8 nitrogen and oxygen atoms in total. The van der Waals surface area contributed by atoms with E-state index in [9.17, 15) is 4.79 Å². The molecule has 0 spiro atoms. The summed E-state index contributed by atoms with van der Waals surface area (Å²) in [4.78, 5) is 17.2. The zero-order valence-corrected chi connectivity index (χ0v) is 17.1. The average Bonchev–Trinajstić information content (AvgIpc) is 3.44. The molecule has 1 aromatic carbocycles. The molecule has 1 N–H and O–H groups in total. The highest BCUT2D eigenvalue weighted by atomic mass is 16.7. The van der Waals surface area contributed by atoms with Gasteiger partial charge in [-0.1, -0.05) is 6.07 Å². The van der Waals surface area contributed by atoms with Crippen molar-refractivity contribution in [1.29, 1.82) is 0 Å². The molecule has 3 aliphatic rings. The van der Waals surface area contributed by atoms with E-state index in [1.807, 2.05) is 30.0 Å². The van der Waals surface area contributed by atoms with E-state index >= 15 is 0 Å². The van der Waals surface area contributed by atoms with Crippen LogP contribution in [0.1, 0.15) is 18.9 Å². The van der Waals surface area contributed by atoms with Crippen LogP contribution in [0.4, 0.5) is 4.79 Å². The van der Waals surface area contributed by atoms with E-state index in [2.05, 4.69) is 10.2 Å². The number of fused-ring (bicyclic) bond motifs is 1. The molecular weight excluding hydrogens is 374 g/mol. The summed E-state index contributed by atoms with van der Waals surface area (Å²) in [6.07, 6.45) is 1.05. The zero-order chi connectivity index (χ0) is 20.1. The fraction of sp³-hybridized carbons (Fsp3) is 0.667. The topological polar surface area (TPSA) is 72.5 Å². The van der Waals surface area contributed by atoms with Gasteiger partial charge in [0.25, 0.3) is 0 Å². The van der Waals surface area contributed by atoms with Gasteiger partial charge in [-0.3, -0.25) is 4.90 Å². The molecule has 2 fully saturated rings. The first-order valence-electron chi connectivity index (χ1n) is 10.6. The van der Waals surface area contributed by atoms with Crippen molar-refractivity contribution in [1.82, 2.24) is 15.1 Å². The van der Waals surface area contributed by atoms with E-state index in [1.165, 1.54) is 0 Å². The summed E-state index contributed by atoms with van der Waals surface area (Å²) in [6.45, 7) is 8.95. The van der Waals surface area contributed by atoms with Crippen LogP contribution in [0.3, 0.4) is 0 Å². The molecule has 0 unspecified atom stereocenters. The second-order valence-electron chi connectivity index (χ2n) is 7.73. The van der Waals surface area contributed by atoms with Gasteiger partial charge in [0, 0.05) is 51.3 Å². The third-order valence-corrected chi connectivity index (χ3v) is 5.97. The molecule has 2 amide bonds. The summed E-state index contributed by atoms with van der Waals surface area (Å²) < 4.78 is 21.9. The maximum atomic E-state index is 12.9. The first kappa shape index (κ1) is 20.3. The number of urea groups is 1. The van der Waals surface area contributed by atoms with Crippen molar-refractivity contribution in [3.8, 4) is 11.5 Å². The van der Waals surface area contributed by atoms with Gasteiger partial charge in [-0.2, -0.15) is 0 Å². The minimum atomic E-state index is -0.0395. The molecule has 3 heterocycles. The number of nitrogens with one attached hydrogen (secondary N) is 1. The van der Waals surface area contributed by atoms with Crippen molar-refractivity contribution in [2.75, 3.05) is 59.4 Å². The summed E-state index contributed by atoms with van der Waals surface area (Å²) in [5.74, 6) is 1.96. The van der Waals surface area contributed by atoms with Gasteiger partial charge in [0.15, 0.2) is 11.5 Å². The number of ether oxygens (including phenoxy) is 4. The lowest BCUT2D eigenvalue weighted by Gasteiger charge is -2.37. The number of hydrogen-bond acceptors (Lipinski definition) is 6. The second kappa shape index (κ2) is 9.65. The highest BCUT2D eigenvalue weighted by Gasteiger charge is 2.32. The lowest BCUT2D eigenvalue weighted by Crippen LogP contribution is -2.53. The molecule has 0 bridgehead atoms. The lowest BCUT2D eigenvalue weighted by molar-refractivity contribution is 0.00186. The Hall–Kier alpha value is -2.03. The largest absolute Gasteiger partial charge is 0.454 e. The van der Waals surface area contributed by atoms with Crippen LogP contribution < -0.4 is 14.8 Å². The molecule has 4 rings (SSSR count). The Morgan fingerprint density at radius 3 is 2.79 bits per heavy atom. The predicted molar refractivity (Wildman–Crippen MR) is 107 cm³/mol. The highest BCUT2D eigenvalue weighted by Crippen LogP contribution is 2.32. The Bertz CT molecular complexity index is 689. The van der Waals surface area contributed by atoms with Crippen LogP contribution in [-0.4, -0.2) is 81.3 Å². The van der Waals surface area contributed by atoms with Gasteiger partial charge in [-0.15, -0.1) is 0 Å². The molecule has 8 heteroatoms. The van der Waals surface area contributed by atoms with E-state index in [-0.39, 0.29) is 18.9 Å². The van der Waals surface area contributed by atoms with Crippen molar-refractivity contribution in [3.05, 3.63) is 23.8 Å². The Kier molecular flexibility index (Phi) is 6.74. The molecule has 0 saturated carbocycles. The van der Waals surface area contributed by atoms with Gasteiger partial charge < -0.3 is 29.2 Å². The van der Waals surface area contributed by atoms with Gasteiger partial charge >= 0.3 is 6.03 Å². The number of rotatable bonds is 7. The van der Waals surface area contributed by atoms with Crippen molar-refractivity contribution >= 4 is 6.03 Å². The standard InChI is InChI=1S/C21H31N3O5/c1-2-23(13-16-3-4-19-20(11-16)29-15-28-19)21(25)22-12-18(17-5-8-27-14-17)24-6-9-26-10-7-24/h3-4,11,17-18H,2,5-10,12-15H2,1H3,(H,22,25)/t17-,18-/m1/s1. The van der Waals surface area contributed by atoms with Crippen LogP contribution >= 0.6 is 0 Å². The van der Waals surface area contributed by atoms with Crippen LogP contribution in [0, 0.1) is 5.92 Å². The van der Waals surface area contributed by atoms with Crippen molar-refractivity contribution in [2.24, 2.45) is 5.92 Å². The maximum Gasteiger partial charge on any atom is 0.317 e. The molecule has 2 saturated heterocycles. The minimum Gasteiger partial charge on any atom is -0.454 e. The number of morpholine rings is 1. The Labute approximate surface area is 172 Å². The quantitative estimate of drug-likeness (QED) is 0.744. The van der Waals surface area contributed by atoms with Crippen LogP contribution in [-0.2, 0) is 16.0 Å². The lowest BCUT2D eigenvalue weighted by atomic mass is 9.97. The Morgan fingerprint density at radius 1 is 1.21 bits per heavy atom. The molecule has 1 aromatic rings. The van der Waals surface area contributed by atoms with Gasteiger partial charge in [0.05, 0.1) is 19.8 Å². The molecule has 0 radical (unpaired) electrons. The zero-order valence-electron chi connectivity index (χ0n) is 17.1. The van der Waals surface area contributed by atoms with E-state index in [0.717, 1.165) is 63.0 Å². The number of carbonyl (C=O) groups excluding carboxylic acids is 1. The van der Waals surface area contributed by atoms with E-state index in [0.29, 0.717) is 25.6 Å². The molecule has 3 aliphatic heterocycles. The highest BCUT2D eigenvalue weighted by molar-refractivity contribution is 5.74. The maximum absolute atomic E-state index is 12.9. The van der Waals surface area contributed by atoms with Crippen LogP contribution in [0.5, 0.6) is 11.5 Å². The first-order chi connectivity index (χ1) is 14.2. The minimum absolute atomic E-state index is 0.0395. The van der Waals surface area contributed by atoms with E-state index in [1.54, 1.807) is 0 Å². The Morgan fingerprint density at radius 2 is 2.03 bits per heavy atom. The first-order valence-corrected chi connectivity index (χ1v) is 10.6. The fourth-order valence-corrected chi connectivity index (χ4v) is 4.25. The van der Waals surface area contributed by atoms with Gasteiger partial charge in [-0.25, -0.2) is 4.79 Å². The Balaban J connectivity index is 1.35. The number of hydrogen-bond donors (Lipinski definition) is 1. The fourth-order valence-electron chi connectivity index (χ4n) is 4.25. The number of carbonyl (C=O) groups is 1. The average molecular weight is 405 g/mol. The van der Waals surface area contributed by atoms with Crippen molar-refractivity contribution in [3.63, 3.8) is 0 Å². The molecule has 29 heavy (non-hydrogen) atoms. The molecule has 0 aromatic heterocycles. The van der Waals surface area contributed by atoms with Gasteiger partial charge in [-0.05, 0) is 31.0 Å².